The van der Waals surface area contributed by atoms with E-state index in [2.05, 4.69) is 15.6 Å². The molecule has 340 valence electrons. The van der Waals surface area contributed by atoms with E-state index in [4.69, 9.17) is 26.8 Å². The van der Waals surface area contributed by atoms with Crippen LogP contribution in [0.15, 0.2) is 115 Å². The number of hydrogen-bond donors (Lipinski definition) is 3. The molecule has 1 aromatic heterocycles. The first-order valence-electron chi connectivity index (χ1n) is 19.3. The van der Waals surface area contributed by atoms with Crippen molar-refractivity contribution >= 4 is 51.6 Å². The largest absolute Gasteiger partial charge is 0.456 e. The molecule has 0 fully saturated rings. The van der Waals surface area contributed by atoms with Crippen molar-refractivity contribution in [2.24, 2.45) is 0 Å². The van der Waals surface area contributed by atoms with Gasteiger partial charge in [-0.25, -0.2) is 9.37 Å². The van der Waals surface area contributed by atoms with Crippen LogP contribution in [0.3, 0.4) is 0 Å². The fraction of sp³-hybridized carbons (Fsp3) is 0.182. The minimum Gasteiger partial charge on any atom is -0.456 e. The Kier molecular flexibility index (Phi) is 17.2. The molecule has 65 heavy (non-hydrogen) atoms. The maximum atomic E-state index is 12.9. The number of halogens is 5. The summed E-state index contributed by atoms with van der Waals surface area (Å²) in [7, 11) is 0. The number of pyridine rings is 1. The van der Waals surface area contributed by atoms with E-state index in [0.29, 0.717) is 22.6 Å². The fourth-order valence-electron chi connectivity index (χ4n) is 5.69. The second kappa shape index (κ2) is 22.5. The summed E-state index contributed by atoms with van der Waals surface area (Å²) in [5.74, 6) is -0.258. The predicted molar refractivity (Wildman–Crippen MR) is 236 cm³/mol. The van der Waals surface area contributed by atoms with Gasteiger partial charge in [0.05, 0.1) is 20.3 Å². The summed E-state index contributed by atoms with van der Waals surface area (Å²) >= 11 is 5.94. The summed E-state index contributed by atoms with van der Waals surface area (Å²) in [6.45, 7) is 7.10. The standard InChI is InChI=1S/C19H12F4N2O2.C13H19N3O4.C12H9ClN2O3/c20-13-7-9-14(10-8-13)24-18(26)16-5-2-6-17(25-16)27-15-4-1-3-12(11-15)19(21,22)23;1-5-10(6-2)14-12-11(15(17)18)7-8(3)9(4)13(12)16(19)20;13-11-10(18-8-4-2-1-3-5-8)7-6-9(12(11)14)15(16)17/h1-11H,(H,24,26);7,10,14H,5-6H2,1-4H3;1-7H,14H2. The van der Waals surface area contributed by atoms with Crippen LogP contribution in [0.5, 0.6) is 23.1 Å². The summed E-state index contributed by atoms with van der Waals surface area (Å²) in [6.07, 6.45) is -3.03. The summed E-state index contributed by atoms with van der Waals surface area (Å²) in [6, 6.07) is 26.8. The van der Waals surface area contributed by atoms with Crippen LogP contribution < -0.4 is 25.8 Å². The lowest BCUT2D eigenvalue weighted by molar-refractivity contribution is -0.392. The Balaban J connectivity index is 0.000000219. The van der Waals surface area contributed by atoms with Crippen LogP contribution in [0.25, 0.3) is 0 Å². The highest BCUT2D eigenvalue weighted by Crippen LogP contribution is 2.41. The van der Waals surface area contributed by atoms with Gasteiger partial charge in [-0.2, -0.15) is 13.2 Å². The van der Waals surface area contributed by atoms with Crippen LogP contribution in [0.1, 0.15) is 53.9 Å². The number of alkyl halides is 3. The Morgan fingerprint density at radius 2 is 1.40 bits per heavy atom. The molecule has 5 aromatic carbocycles. The lowest BCUT2D eigenvalue weighted by Crippen LogP contribution is -2.19. The van der Waals surface area contributed by atoms with Crippen molar-refractivity contribution < 1.29 is 46.6 Å². The van der Waals surface area contributed by atoms with Crippen molar-refractivity contribution in [3.8, 4) is 23.1 Å². The number of hydrogen-bond acceptors (Lipinski definition) is 12. The van der Waals surface area contributed by atoms with Crippen LogP contribution in [-0.4, -0.2) is 31.7 Å². The molecule has 0 aliphatic rings. The number of nitrogens with two attached hydrogens (primary N) is 1. The van der Waals surface area contributed by atoms with Gasteiger partial charge in [-0.3, -0.25) is 35.1 Å². The topological polar surface area (TPSA) is 228 Å². The van der Waals surface area contributed by atoms with Crippen molar-refractivity contribution in [2.45, 2.75) is 52.8 Å². The summed E-state index contributed by atoms with van der Waals surface area (Å²) in [4.78, 5) is 47.6. The second-order valence-corrected chi connectivity index (χ2v) is 14.0. The van der Waals surface area contributed by atoms with Crippen molar-refractivity contribution in [2.75, 3.05) is 16.4 Å². The highest BCUT2D eigenvalue weighted by Gasteiger charge is 2.31. The molecule has 16 nitrogen and oxygen atoms in total. The van der Waals surface area contributed by atoms with Crippen LogP contribution in [-0.2, 0) is 6.18 Å². The fourth-order valence-corrected chi connectivity index (χ4v) is 5.89. The number of nitro groups is 3. The van der Waals surface area contributed by atoms with E-state index in [1.54, 1.807) is 38.1 Å². The highest BCUT2D eigenvalue weighted by molar-refractivity contribution is 6.35. The summed E-state index contributed by atoms with van der Waals surface area (Å²) < 4.78 is 62.0. The molecule has 0 aliphatic carbocycles. The molecule has 1 amide bonds. The lowest BCUT2D eigenvalue weighted by Gasteiger charge is -2.17. The molecule has 0 bridgehead atoms. The van der Waals surface area contributed by atoms with E-state index in [1.165, 1.54) is 72.8 Å². The number of amides is 1. The van der Waals surface area contributed by atoms with Crippen LogP contribution in [0.2, 0.25) is 5.02 Å². The van der Waals surface area contributed by atoms with Crippen LogP contribution >= 0.6 is 11.6 Å². The second-order valence-electron chi connectivity index (χ2n) is 13.7. The number of benzene rings is 5. The Morgan fingerprint density at radius 1 is 0.785 bits per heavy atom. The molecule has 4 N–H and O–H groups in total. The predicted octanol–water partition coefficient (Wildman–Crippen LogP) is 12.6. The zero-order valence-electron chi connectivity index (χ0n) is 34.9. The average Bonchev–Trinajstić information content (AvgIpc) is 3.26. The maximum absolute atomic E-state index is 12.9. The number of rotatable bonds is 13. The first-order chi connectivity index (χ1) is 30.7. The molecule has 6 aromatic rings. The molecule has 0 unspecified atom stereocenters. The van der Waals surface area contributed by atoms with Gasteiger partial charge in [0, 0.05) is 35.5 Å². The number of aryl methyl sites for hydroxylation is 1. The van der Waals surface area contributed by atoms with Gasteiger partial charge in [0.2, 0.25) is 5.88 Å². The molecule has 0 saturated carbocycles. The molecule has 6 rings (SSSR count). The third-order valence-electron chi connectivity index (χ3n) is 9.24. The van der Waals surface area contributed by atoms with Crippen molar-refractivity contribution in [3.05, 3.63) is 179 Å². The number of carbonyl (C=O) groups excluding carboxylic acids is 1. The van der Waals surface area contributed by atoms with E-state index in [0.717, 1.165) is 25.0 Å². The molecular formula is C44H40ClF4N7O9. The molecule has 21 heteroatoms. The third-order valence-corrected chi connectivity index (χ3v) is 9.63. The molecule has 0 aliphatic heterocycles. The van der Waals surface area contributed by atoms with Gasteiger partial charge in [0.25, 0.3) is 17.3 Å². The number of nitrogens with one attached hydrogen (secondary N) is 2. The average molecular weight is 922 g/mol. The Labute approximate surface area is 373 Å². The van der Waals surface area contributed by atoms with Gasteiger partial charge in [-0.15, -0.1) is 0 Å². The number of para-hydroxylation sites is 1. The minimum absolute atomic E-state index is 0.0104. The molecule has 0 radical (unpaired) electrons. The van der Waals surface area contributed by atoms with Crippen LogP contribution in [0.4, 0.5) is 51.7 Å². The zero-order valence-corrected chi connectivity index (χ0v) is 35.6. The molecular weight excluding hydrogens is 882 g/mol. The van der Waals surface area contributed by atoms with Gasteiger partial charge in [-0.05, 0) is 99.0 Å². The van der Waals surface area contributed by atoms with Gasteiger partial charge in [0.1, 0.15) is 39.5 Å². The van der Waals surface area contributed by atoms with Gasteiger partial charge in [0.15, 0.2) is 5.69 Å². The van der Waals surface area contributed by atoms with E-state index < -0.39 is 38.2 Å². The zero-order chi connectivity index (χ0) is 48.0. The Morgan fingerprint density at radius 3 is 1.98 bits per heavy atom. The Hall–Kier alpha value is -7.87. The summed E-state index contributed by atoms with van der Waals surface area (Å²) in [5, 5.41) is 38.6. The van der Waals surface area contributed by atoms with Crippen molar-refractivity contribution in [1.82, 2.24) is 4.98 Å². The number of nitrogens with zero attached hydrogens (tertiary/aromatic N) is 4. The van der Waals surface area contributed by atoms with E-state index in [9.17, 15) is 52.7 Å². The SMILES string of the molecule is CCC(CC)Nc1c([N+](=O)[O-])cc(C)c(C)c1[N+](=O)[O-].Nc1c([N+](=O)[O-])ccc(Oc2ccccc2)c1Cl.O=C(Nc1ccc(F)cc1)c1cccc(Oc2cccc(C(F)(F)F)c2)n1. The maximum Gasteiger partial charge on any atom is 0.416 e. The number of nitro benzene ring substituents is 3. The van der Waals surface area contributed by atoms with Gasteiger partial charge < -0.3 is 25.8 Å². The number of aromatic nitrogens is 1. The van der Waals surface area contributed by atoms with Gasteiger partial charge >= 0.3 is 11.9 Å². The normalized spacial score (nSPS) is 10.7. The van der Waals surface area contributed by atoms with Crippen molar-refractivity contribution in [3.63, 3.8) is 0 Å². The smallest absolute Gasteiger partial charge is 0.416 e. The molecule has 0 atom stereocenters. The number of nitrogen functional groups attached to an aromatic ring is 1. The number of carbonyl (C=O) groups is 1. The van der Waals surface area contributed by atoms with E-state index >= 15 is 0 Å². The van der Waals surface area contributed by atoms with E-state index in [1.807, 2.05) is 19.9 Å². The quantitative estimate of drug-likeness (QED) is 0.0425. The minimum atomic E-state index is -4.50. The lowest BCUT2D eigenvalue weighted by atomic mass is 10.0. The first kappa shape index (κ1) is 49.8. The molecule has 1 heterocycles. The monoisotopic (exact) mass is 921 g/mol. The third kappa shape index (κ3) is 13.8. The Bertz CT molecular complexity index is 2650. The number of anilines is 3. The van der Waals surface area contributed by atoms with E-state index in [-0.39, 0.29) is 62.6 Å². The first-order valence-corrected chi connectivity index (χ1v) is 19.7. The highest BCUT2D eigenvalue weighted by atomic mass is 35.5. The summed E-state index contributed by atoms with van der Waals surface area (Å²) in [5.41, 5.74) is 5.30. The number of ether oxygens (including phenoxy) is 2. The van der Waals surface area contributed by atoms with Crippen molar-refractivity contribution in [1.29, 1.82) is 0 Å². The van der Waals surface area contributed by atoms with Gasteiger partial charge in [-0.1, -0.05) is 55.8 Å². The van der Waals surface area contributed by atoms with Crippen LogP contribution in [0, 0.1) is 50.0 Å². The molecule has 0 spiro atoms. The molecule has 0 saturated heterocycles.